The summed E-state index contributed by atoms with van der Waals surface area (Å²) in [4.78, 5) is 28.2. The normalized spacial score (nSPS) is 10.2. The first kappa shape index (κ1) is 20.9. The lowest BCUT2D eigenvalue weighted by molar-refractivity contribution is -0.120. The van der Waals surface area contributed by atoms with Crippen LogP contribution in [0.25, 0.3) is 0 Å². The molecule has 0 saturated carbocycles. The van der Waals surface area contributed by atoms with Crippen LogP contribution in [0.2, 0.25) is 0 Å². The molecule has 3 rings (SSSR count). The van der Waals surface area contributed by atoms with Crippen LogP contribution in [-0.4, -0.2) is 23.5 Å². The molecule has 1 heterocycles. The predicted octanol–water partition coefficient (Wildman–Crippen LogP) is 3.41. The molecule has 3 aromatic rings. The Morgan fingerprint density at radius 2 is 1.83 bits per heavy atom. The molecule has 2 aromatic carbocycles. The Morgan fingerprint density at radius 3 is 2.63 bits per heavy atom. The average Bonchev–Trinajstić information content (AvgIpc) is 2.76. The van der Waals surface area contributed by atoms with Gasteiger partial charge in [0, 0.05) is 18.4 Å². The molecule has 0 aliphatic rings. The number of carbonyl (C=O) groups excluding carboxylic acids is 2. The van der Waals surface area contributed by atoms with E-state index in [1.54, 1.807) is 12.3 Å². The highest BCUT2D eigenvalue weighted by atomic mass is 16.5. The van der Waals surface area contributed by atoms with Crippen LogP contribution in [-0.2, 0) is 17.9 Å². The summed E-state index contributed by atoms with van der Waals surface area (Å²) in [6, 6.07) is 20.1. The van der Waals surface area contributed by atoms with E-state index in [2.05, 4.69) is 20.9 Å². The number of carbonyl (C=O) groups is 2. The molecule has 0 aliphatic heterocycles. The van der Waals surface area contributed by atoms with E-state index in [0.717, 1.165) is 16.8 Å². The molecule has 30 heavy (non-hydrogen) atoms. The van der Waals surface area contributed by atoms with E-state index in [0.29, 0.717) is 24.6 Å². The SMILES string of the molecule is Cc1cccc(NC(=O)NCC(=O)NCc2cccc(OCc3ccccn3)c2)c1. The number of hydrogen-bond donors (Lipinski definition) is 3. The largest absolute Gasteiger partial charge is 0.487 e. The van der Waals surface area contributed by atoms with Gasteiger partial charge in [0.05, 0.1) is 12.2 Å². The average molecular weight is 404 g/mol. The van der Waals surface area contributed by atoms with Crippen molar-refractivity contribution in [2.75, 3.05) is 11.9 Å². The Kier molecular flexibility index (Phi) is 7.38. The summed E-state index contributed by atoms with van der Waals surface area (Å²) in [5, 5.41) is 8.02. The molecule has 3 amide bonds. The fourth-order valence-corrected chi connectivity index (χ4v) is 2.71. The number of benzene rings is 2. The Morgan fingerprint density at radius 1 is 0.967 bits per heavy atom. The van der Waals surface area contributed by atoms with Crippen molar-refractivity contribution in [1.29, 1.82) is 0 Å². The number of rotatable bonds is 8. The van der Waals surface area contributed by atoms with Gasteiger partial charge >= 0.3 is 6.03 Å². The second-order valence-electron chi connectivity index (χ2n) is 6.71. The third kappa shape index (κ3) is 6.94. The topological polar surface area (TPSA) is 92.4 Å². The van der Waals surface area contributed by atoms with Gasteiger partial charge in [-0.3, -0.25) is 9.78 Å². The van der Waals surface area contributed by atoms with Crippen LogP contribution in [0, 0.1) is 6.92 Å². The molecule has 0 atom stereocenters. The third-order valence-corrected chi connectivity index (χ3v) is 4.19. The summed E-state index contributed by atoms with van der Waals surface area (Å²) < 4.78 is 5.74. The van der Waals surface area contributed by atoms with Crippen LogP contribution in [0.3, 0.4) is 0 Å². The van der Waals surface area contributed by atoms with Crippen LogP contribution in [0.5, 0.6) is 5.75 Å². The number of nitrogens with one attached hydrogen (secondary N) is 3. The fourth-order valence-electron chi connectivity index (χ4n) is 2.71. The van der Waals surface area contributed by atoms with Crippen molar-refractivity contribution in [2.45, 2.75) is 20.1 Å². The number of amides is 3. The van der Waals surface area contributed by atoms with Crippen molar-refractivity contribution in [3.63, 3.8) is 0 Å². The number of urea groups is 1. The predicted molar refractivity (Wildman–Crippen MR) is 115 cm³/mol. The number of nitrogens with zero attached hydrogens (tertiary/aromatic N) is 1. The Balaban J connectivity index is 1.40. The van der Waals surface area contributed by atoms with Gasteiger partial charge in [0.1, 0.15) is 12.4 Å². The lowest BCUT2D eigenvalue weighted by atomic mass is 10.2. The Hall–Kier alpha value is -3.87. The maximum absolute atomic E-state index is 12.0. The van der Waals surface area contributed by atoms with Gasteiger partial charge in [0.15, 0.2) is 0 Å². The van der Waals surface area contributed by atoms with E-state index < -0.39 is 6.03 Å². The summed E-state index contributed by atoms with van der Waals surface area (Å²) in [6.07, 6.45) is 1.72. The standard InChI is InChI=1S/C23H24N4O3/c1-17-6-4-9-19(12-17)27-23(29)26-15-22(28)25-14-18-7-5-10-21(13-18)30-16-20-8-2-3-11-24-20/h2-13H,14-16H2,1H3,(H,25,28)(H2,26,27,29). The first-order chi connectivity index (χ1) is 14.6. The van der Waals surface area contributed by atoms with Crippen molar-refractivity contribution in [3.05, 3.63) is 89.7 Å². The van der Waals surface area contributed by atoms with Crippen molar-refractivity contribution < 1.29 is 14.3 Å². The fraction of sp³-hybridized carbons (Fsp3) is 0.174. The number of hydrogen-bond acceptors (Lipinski definition) is 4. The minimum absolute atomic E-state index is 0.118. The number of ether oxygens (including phenoxy) is 1. The van der Waals surface area contributed by atoms with E-state index in [1.807, 2.05) is 67.6 Å². The molecule has 3 N–H and O–H groups in total. The number of pyridine rings is 1. The summed E-state index contributed by atoms with van der Waals surface area (Å²) in [5.74, 6) is 0.414. The van der Waals surface area contributed by atoms with Crippen molar-refractivity contribution >= 4 is 17.6 Å². The molecule has 0 unspecified atom stereocenters. The second-order valence-corrected chi connectivity index (χ2v) is 6.71. The van der Waals surface area contributed by atoms with Crippen LogP contribution < -0.4 is 20.7 Å². The van der Waals surface area contributed by atoms with E-state index in [9.17, 15) is 9.59 Å². The van der Waals surface area contributed by atoms with Crippen molar-refractivity contribution in [2.24, 2.45) is 0 Å². The zero-order valence-corrected chi connectivity index (χ0v) is 16.7. The van der Waals surface area contributed by atoms with Gasteiger partial charge in [-0.05, 0) is 54.4 Å². The van der Waals surface area contributed by atoms with Gasteiger partial charge in [0.25, 0.3) is 0 Å². The smallest absolute Gasteiger partial charge is 0.319 e. The molecule has 0 aliphatic carbocycles. The summed E-state index contributed by atoms with van der Waals surface area (Å²) in [7, 11) is 0. The van der Waals surface area contributed by atoms with Gasteiger partial charge in [-0.15, -0.1) is 0 Å². The molecule has 7 nitrogen and oxygen atoms in total. The van der Waals surface area contributed by atoms with E-state index in [4.69, 9.17) is 4.74 Å². The van der Waals surface area contributed by atoms with Gasteiger partial charge in [-0.25, -0.2) is 4.79 Å². The van der Waals surface area contributed by atoms with Crippen LogP contribution in [0.1, 0.15) is 16.8 Å². The minimum Gasteiger partial charge on any atom is -0.487 e. The highest BCUT2D eigenvalue weighted by Gasteiger charge is 2.06. The van der Waals surface area contributed by atoms with Gasteiger partial charge < -0.3 is 20.7 Å². The maximum Gasteiger partial charge on any atom is 0.319 e. The van der Waals surface area contributed by atoms with Gasteiger partial charge in [-0.1, -0.05) is 30.3 Å². The lowest BCUT2D eigenvalue weighted by Crippen LogP contribution is -2.38. The molecule has 154 valence electrons. The molecule has 0 fully saturated rings. The van der Waals surface area contributed by atoms with Crippen molar-refractivity contribution in [3.8, 4) is 5.75 Å². The summed E-state index contributed by atoms with van der Waals surface area (Å²) in [5.41, 5.74) is 3.45. The Bertz CT molecular complexity index is 993. The lowest BCUT2D eigenvalue weighted by Gasteiger charge is -2.10. The first-order valence-corrected chi connectivity index (χ1v) is 9.58. The summed E-state index contributed by atoms with van der Waals surface area (Å²) >= 11 is 0. The molecule has 0 bridgehead atoms. The molecule has 0 radical (unpaired) electrons. The molecule has 7 heteroatoms. The van der Waals surface area contributed by atoms with E-state index in [1.165, 1.54) is 0 Å². The zero-order valence-electron chi connectivity index (χ0n) is 16.7. The molecular weight excluding hydrogens is 380 g/mol. The van der Waals surface area contributed by atoms with Gasteiger partial charge in [0.2, 0.25) is 5.91 Å². The Labute approximate surface area is 175 Å². The molecule has 0 spiro atoms. The highest BCUT2D eigenvalue weighted by molar-refractivity contribution is 5.92. The van der Waals surface area contributed by atoms with Gasteiger partial charge in [-0.2, -0.15) is 0 Å². The van der Waals surface area contributed by atoms with E-state index >= 15 is 0 Å². The highest BCUT2D eigenvalue weighted by Crippen LogP contribution is 2.14. The maximum atomic E-state index is 12.0. The van der Waals surface area contributed by atoms with Crippen molar-refractivity contribution in [1.82, 2.24) is 15.6 Å². The third-order valence-electron chi connectivity index (χ3n) is 4.19. The first-order valence-electron chi connectivity index (χ1n) is 9.58. The van der Waals surface area contributed by atoms with Crippen LogP contribution >= 0.6 is 0 Å². The molecule has 1 aromatic heterocycles. The molecular formula is C23H24N4O3. The van der Waals surface area contributed by atoms with Crippen LogP contribution in [0.15, 0.2) is 72.9 Å². The summed E-state index contributed by atoms with van der Waals surface area (Å²) in [6.45, 7) is 2.53. The zero-order chi connectivity index (χ0) is 21.2. The minimum atomic E-state index is -0.430. The van der Waals surface area contributed by atoms with E-state index in [-0.39, 0.29) is 12.5 Å². The molecule has 0 saturated heterocycles. The number of anilines is 1. The van der Waals surface area contributed by atoms with Crippen LogP contribution in [0.4, 0.5) is 10.5 Å². The monoisotopic (exact) mass is 404 g/mol. The quantitative estimate of drug-likeness (QED) is 0.536. The number of aryl methyl sites for hydroxylation is 1. The second kappa shape index (κ2) is 10.6. The number of aromatic nitrogens is 1.